The summed E-state index contributed by atoms with van der Waals surface area (Å²) in [5, 5.41) is 88.5. The van der Waals surface area contributed by atoms with Crippen LogP contribution in [0.1, 0.15) is 22.3 Å². The topological polar surface area (TPSA) is 378 Å². The Labute approximate surface area is 469 Å². The summed E-state index contributed by atoms with van der Waals surface area (Å²) in [5.74, 6) is -7.12. The molecule has 0 aliphatic carbocycles. The van der Waals surface area contributed by atoms with Gasteiger partial charge in [-0.15, -0.1) is 0 Å². The molecule has 24 nitrogen and oxygen atoms in total. The first-order chi connectivity index (χ1) is 39.4. The second-order valence-corrected chi connectivity index (χ2v) is 24.3. The average molecular weight is 1190 g/mol. The van der Waals surface area contributed by atoms with Gasteiger partial charge in [-0.05, 0) is 136 Å². The van der Waals surface area contributed by atoms with E-state index in [1.54, 1.807) is 0 Å². The van der Waals surface area contributed by atoms with Crippen LogP contribution in [0.25, 0.3) is 63.0 Å². The van der Waals surface area contributed by atoms with E-state index in [2.05, 4.69) is 19.9 Å². The minimum absolute atomic E-state index is 0.0508. The van der Waals surface area contributed by atoms with Gasteiger partial charge in [-0.1, -0.05) is 60.7 Å². The standard InChI is InChI=1S/C55H32N8O16S4/c1-28-26-45(77-81(70,71)47-12-4-8-37-33(47)17-21-41(61-57)51(37)65)29(2)25-31(28)27-30-15-24-44(76-80(68,69)46-11-3-7-36-32(46)16-20-40(60-56)50(36)64)55(79-83(74,75)49-14-6-10-39-35(49)19-23-43(63-59)53(39)67)54(30)78-82(72,73)48-13-5-9-38-34(48)18-22-42(62-58)52(38)66/h3-26H,27H2,1-2H3. The molecular weight excluding hydrogens is 1160 g/mol. The van der Waals surface area contributed by atoms with Crippen molar-refractivity contribution in [1.82, 2.24) is 0 Å². The van der Waals surface area contributed by atoms with Crippen LogP contribution in [0.4, 0.5) is 22.7 Å². The Morgan fingerprint density at radius 2 is 0.675 bits per heavy atom. The molecule has 83 heavy (non-hydrogen) atoms. The van der Waals surface area contributed by atoms with E-state index in [9.17, 15) is 75.7 Å². The number of hydrogen-bond donors (Lipinski definition) is 0. The maximum atomic E-state index is 15.0. The summed E-state index contributed by atoms with van der Waals surface area (Å²) in [7, 11) is -20.9. The molecule has 0 aliphatic rings. The Bertz CT molecular complexity index is 5170. The molecular formula is C55H32N8O16S4. The van der Waals surface area contributed by atoms with Crippen LogP contribution >= 0.6 is 0 Å². The zero-order valence-electron chi connectivity index (χ0n) is 42.3. The van der Waals surface area contributed by atoms with E-state index < -0.39 is 124 Å². The first-order valence-corrected chi connectivity index (χ1v) is 29.4. The fourth-order valence-corrected chi connectivity index (χ4v) is 14.0. The van der Waals surface area contributed by atoms with Gasteiger partial charge in [0, 0.05) is 57.8 Å². The Balaban J connectivity index is 1.17. The highest BCUT2D eigenvalue weighted by Gasteiger charge is 2.35. The van der Waals surface area contributed by atoms with Gasteiger partial charge in [-0.2, -0.15) is 33.7 Å². The molecule has 10 aromatic carbocycles. The summed E-state index contributed by atoms with van der Waals surface area (Å²) < 4.78 is 140. The molecule has 0 heterocycles. The highest BCUT2D eigenvalue weighted by atomic mass is 32.2. The number of diazo groups is 4. The van der Waals surface area contributed by atoms with E-state index in [1.807, 2.05) is 0 Å². The first-order valence-electron chi connectivity index (χ1n) is 23.8. The van der Waals surface area contributed by atoms with Gasteiger partial charge in [0.05, 0.1) is 0 Å². The monoisotopic (exact) mass is 1190 g/mol. The van der Waals surface area contributed by atoms with E-state index >= 15 is 0 Å². The maximum absolute atomic E-state index is 15.0. The van der Waals surface area contributed by atoms with Crippen LogP contribution in [0, 0.1) is 35.4 Å². The Morgan fingerprint density at radius 3 is 1.02 bits per heavy atom. The molecule has 0 spiro atoms. The molecule has 28 heteroatoms. The van der Waals surface area contributed by atoms with Crippen LogP contribution < -0.4 is 37.2 Å². The molecule has 0 aromatic heterocycles. The lowest BCUT2D eigenvalue weighted by Crippen LogP contribution is -2.18. The quantitative estimate of drug-likeness (QED) is 0.0721. The Kier molecular flexibility index (Phi) is 13.8. The molecule has 10 aromatic rings. The SMILES string of the molecule is Cc1cc(OS(=O)(=O)c2cccc3c([O-])c([N+]#N)ccc23)c(C)cc1Cc1ccc(OS(=O)(=O)c2cccc3c([O-])c([N+]#N)ccc23)c(OS(=O)(=O)c2cccc3c([O-])c([N+]#N)ccc23)c1OS(=O)(=O)c1cccc2c([O-])c([N+]#N)ccc12. The molecule has 0 bridgehead atoms. The largest absolute Gasteiger partial charge is 0.867 e. The summed E-state index contributed by atoms with van der Waals surface area (Å²) >= 11 is 0. The molecule has 0 unspecified atom stereocenters. The predicted octanol–water partition coefficient (Wildman–Crippen LogP) is 9.81. The third-order valence-corrected chi connectivity index (χ3v) is 18.4. The third kappa shape index (κ3) is 9.81. The minimum atomic E-state index is -5.47. The zero-order chi connectivity index (χ0) is 59.5. The van der Waals surface area contributed by atoms with Crippen molar-refractivity contribution in [2.75, 3.05) is 0 Å². The van der Waals surface area contributed by atoms with Crippen LogP contribution in [0.2, 0.25) is 0 Å². The minimum Gasteiger partial charge on any atom is -0.867 e. The molecule has 412 valence electrons. The molecule has 0 N–H and O–H groups in total. The van der Waals surface area contributed by atoms with E-state index in [0.29, 0.717) is 0 Å². The van der Waals surface area contributed by atoms with Crippen molar-refractivity contribution in [3.05, 3.63) is 188 Å². The van der Waals surface area contributed by atoms with Crippen LogP contribution in [-0.4, -0.2) is 33.7 Å². The van der Waals surface area contributed by atoms with Crippen molar-refractivity contribution in [1.29, 1.82) is 21.6 Å². The Morgan fingerprint density at radius 1 is 0.349 bits per heavy atom. The number of hydrogen-bond acceptors (Lipinski definition) is 20. The lowest BCUT2D eigenvalue weighted by atomic mass is 9.97. The predicted molar refractivity (Wildman–Crippen MR) is 289 cm³/mol. The highest BCUT2D eigenvalue weighted by molar-refractivity contribution is 7.88. The summed E-state index contributed by atoms with van der Waals surface area (Å²) in [6, 6.07) is 27.3. The van der Waals surface area contributed by atoms with Gasteiger partial charge >= 0.3 is 63.2 Å². The number of fused-ring (bicyclic) bond motifs is 4. The normalized spacial score (nSPS) is 11.8. The zero-order valence-corrected chi connectivity index (χ0v) is 45.6. The number of benzene rings is 10. The van der Waals surface area contributed by atoms with Gasteiger partial charge in [0.25, 0.3) is 0 Å². The van der Waals surface area contributed by atoms with Crippen LogP contribution in [-0.2, 0) is 46.9 Å². The van der Waals surface area contributed by atoms with Crippen molar-refractivity contribution >= 4 is 106 Å². The van der Waals surface area contributed by atoms with Crippen molar-refractivity contribution in [2.24, 2.45) is 0 Å². The van der Waals surface area contributed by atoms with Gasteiger partial charge in [-0.25, -0.2) is 0 Å². The fourth-order valence-electron chi connectivity index (χ4n) is 9.28. The van der Waals surface area contributed by atoms with Crippen molar-refractivity contribution in [2.45, 2.75) is 39.9 Å². The van der Waals surface area contributed by atoms with Gasteiger partial charge in [0.2, 0.25) is 27.3 Å². The molecule has 10 rings (SSSR count). The van der Waals surface area contributed by atoms with Crippen molar-refractivity contribution < 1.29 is 70.8 Å². The maximum Gasteiger partial charge on any atom is 0.378 e. The lowest BCUT2D eigenvalue weighted by molar-refractivity contribution is -0.265. The number of rotatable bonds is 14. The number of nitrogens with zero attached hydrogens (tertiary/aromatic N) is 8. The first kappa shape index (κ1) is 55.4. The number of aryl methyl sites for hydroxylation is 2. The van der Waals surface area contributed by atoms with E-state index in [4.69, 9.17) is 16.7 Å². The highest BCUT2D eigenvalue weighted by Crippen LogP contribution is 2.48. The molecule has 0 radical (unpaired) electrons. The Hall–Kier alpha value is -10.9. The second kappa shape index (κ2) is 20.7. The van der Waals surface area contributed by atoms with Gasteiger partial charge in [-0.3, -0.25) is 0 Å². The van der Waals surface area contributed by atoms with Crippen molar-refractivity contribution in [3.8, 4) is 46.0 Å². The summed E-state index contributed by atoms with van der Waals surface area (Å²) in [5.41, 5.74) is -1.42. The van der Waals surface area contributed by atoms with Crippen LogP contribution in [0.3, 0.4) is 0 Å². The van der Waals surface area contributed by atoms with E-state index in [-0.39, 0.29) is 76.8 Å². The van der Waals surface area contributed by atoms with Gasteiger partial charge < -0.3 is 37.2 Å². The van der Waals surface area contributed by atoms with Crippen LogP contribution in [0.5, 0.6) is 46.0 Å². The van der Waals surface area contributed by atoms with Crippen molar-refractivity contribution in [3.63, 3.8) is 0 Å². The molecule has 0 saturated heterocycles. The van der Waals surface area contributed by atoms with Gasteiger partial charge in [0.1, 0.15) is 25.3 Å². The van der Waals surface area contributed by atoms with E-state index in [1.165, 1.54) is 68.4 Å². The molecule has 0 fully saturated rings. The van der Waals surface area contributed by atoms with E-state index in [0.717, 1.165) is 91.0 Å². The summed E-state index contributed by atoms with van der Waals surface area (Å²) in [6.07, 6.45) is -0.488. The smallest absolute Gasteiger partial charge is 0.378 e. The fraction of sp³-hybridized carbons (Fsp3) is 0.0545. The lowest BCUT2D eigenvalue weighted by Gasteiger charge is -2.21. The summed E-state index contributed by atoms with van der Waals surface area (Å²) in [6.45, 7) is 2.95. The second-order valence-electron chi connectivity index (χ2n) is 18.2. The third-order valence-electron chi connectivity index (χ3n) is 13.3. The molecule has 0 saturated carbocycles. The molecule has 0 amide bonds. The molecule has 0 aliphatic heterocycles. The van der Waals surface area contributed by atoms with Crippen LogP contribution in [0.15, 0.2) is 165 Å². The van der Waals surface area contributed by atoms with Gasteiger partial charge in [0.15, 0.2) is 31.4 Å². The molecule has 0 atom stereocenters. The average Bonchev–Trinajstić information content (AvgIpc) is 2.34. The summed E-state index contributed by atoms with van der Waals surface area (Å²) in [4.78, 5) is 9.12.